The fourth-order valence-electron chi connectivity index (χ4n) is 1.86. The van der Waals surface area contributed by atoms with E-state index in [4.69, 9.17) is 26.8 Å². The summed E-state index contributed by atoms with van der Waals surface area (Å²) >= 11 is 7.52. The van der Waals surface area contributed by atoms with Gasteiger partial charge in [0.15, 0.2) is 0 Å². The predicted molar refractivity (Wildman–Crippen MR) is 86.6 cm³/mol. The molecule has 1 aliphatic heterocycles. The molecule has 0 saturated carbocycles. The van der Waals surface area contributed by atoms with Crippen molar-refractivity contribution < 1.29 is 9.47 Å². The molecule has 8 heteroatoms. The Kier molecular flexibility index (Phi) is 5.08. The molecule has 114 valence electrons. The van der Waals surface area contributed by atoms with Gasteiger partial charge in [0.05, 0.1) is 20.3 Å². The number of hydrogen-bond donors (Lipinski definition) is 2. The van der Waals surface area contributed by atoms with Crippen LogP contribution in [0.5, 0.6) is 0 Å². The van der Waals surface area contributed by atoms with Crippen molar-refractivity contribution in [2.75, 3.05) is 26.2 Å². The average Bonchev–Trinajstić information content (AvgIpc) is 2.49. The van der Waals surface area contributed by atoms with E-state index in [9.17, 15) is 0 Å². The second-order valence-corrected chi connectivity index (χ2v) is 5.53. The maximum Gasteiger partial charge on any atom is 0.238 e. The molecule has 0 spiro atoms. The van der Waals surface area contributed by atoms with Crippen LogP contribution in [0.15, 0.2) is 35.3 Å². The molecule has 0 radical (unpaired) electrons. The number of ether oxygens (including phenoxy) is 2. The number of rotatable bonds is 4. The summed E-state index contributed by atoms with van der Waals surface area (Å²) < 4.78 is 10.4. The Bertz CT molecular complexity index is 579. The summed E-state index contributed by atoms with van der Waals surface area (Å²) in [5.41, 5.74) is 10.6. The second-order valence-electron chi connectivity index (χ2n) is 4.17. The minimum atomic E-state index is -0.161. The van der Waals surface area contributed by atoms with Crippen LogP contribution in [0.4, 0.5) is 5.69 Å². The lowest BCUT2D eigenvalue weighted by atomic mass is 10.2. The van der Waals surface area contributed by atoms with Crippen LogP contribution >= 0.6 is 23.4 Å². The number of thioether (sulfide) groups is 1. The Morgan fingerprint density at radius 1 is 1.38 bits per heavy atom. The molecule has 1 unspecified atom stereocenters. The summed E-state index contributed by atoms with van der Waals surface area (Å²) in [5.74, 6) is 0.977. The number of hydrogen-bond acceptors (Lipinski definition) is 7. The smallest absolute Gasteiger partial charge is 0.238 e. The standard InChI is InChI=1S/C13H17ClN4O2S/c1-19-11-7-12(20-2)17-18(16-11)13(21-3)9-5-4-8(14)6-10(9)15/h4-7,13,16H,15H2,1-3H3. The zero-order valence-corrected chi connectivity index (χ0v) is 13.5. The molecule has 0 bridgehead atoms. The van der Waals surface area contributed by atoms with Crippen LogP contribution in [0.2, 0.25) is 5.02 Å². The predicted octanol–water partition coefficient (Wildman–Crippen LogP) is 2.55. The zero-order valence-electron chi connectivity index (χ0n) is 12.0. The lowest BCUT2D eigenvalue weighted by molar-refractivity contribution is 0.123. The first-order valence-electron chi connectivity index (χ1n) is 6.11. The highest BCUT2D eigenvalue weighted by Gasteiger charge is 2.25. The number of hydrazine groups is 1. The van der Waals surface area contributed by atoms with Crippen molar-refractivity contribution in [3.63, 3.8) is 0 Å². The second kappa shape index (κ2) is 6.82. The normalized spacial score (nSPS) is 15.7. The molecule has 2 rings (SSSR count). The lowest BCUT2D eigenvalue weighted by Crippen LogP contribution is -2.39. The van der Waals surface area contributed by atoms with Crippen LogP contribution in [-0.2, 0) is 9.47 Å². The average molecular weight is 329 g/mol. The van der Waals surface area contributed by atoms with E-state index in [2.05, 4.69) is 10.5 Å². The van der Waals surface area contributed by atoms with Crippen LogP contribution in [-0.4, -0.2) is 31.5 Å². The monoisotopic (exact) mass is 328 g/mol. The van der Waals surface area contributed by atoms with Gasteiger partial charge >= 0.3 is 0 Å². The largest absolute Gasteiger partial charge is 0.481 e. The summed E-state index contributed by atoms with van der Waals surface area (Å²) in [6, 6.07) is 5.40. The van der Waals surface area contributed by atoms with Gasteiger partial charge in [-0.1, -0.05) is 17.7 Å². The van der Waals surface area contributed by atoms with Crippen LogP contribution in [0.1, 0.15) is 10.9 Å². The minimum Gasteiger partial charge on any atom is -0.481 e. The molecular weight excluding hydrogens is 312 g/mol. The van der Waals surface area contributed by atoms with Gasteiger partial charge in [-0.2, -0.15) is 5.12 Å². The molecule has 1 heterocycles. The van der Waals surface area contributed by atoms with Gasteiger partial charge in [0.2, 0.25) is 11.8 Å². The Labute approximate surface area is 132 Å². The molecular formula is C13H17ClN4O2S. The van der Waals surface area contributed by atoms with Crippen molar-refractivity contribution in [3.8, 4) is 0 Å². The topological polar surface area (TPSA) is 72.1 Å². The van der Waals surface area contributed by atoms with Gasteiger partial charge in [0.25, 0.3) is 0 Å². The van der Waals surface area contributed by atoms with Gasteiger partial charge in [0.1, 0.15) is 5.37 Å². The van der Waals surface area contributed by atoms with Crippen molar-refractivity contribution in [2.45, 2.75) is 5.37 Å². The summed E-state index contributed by atoms with van der Waals surface area (Å²) in [6.45, 7) is 0. The molecule has 1 atom stereocenters. The first-order chi connectivity index (χ1) is 10.1. The number of halogens is 1. The highest BCUT2D eigenvalue weighted by molar-refractivity contribution is 7.98. The molecule has 21 heavy (non-hydrogen) atoms. The molecule has 1 aromatic carbocycles. The van der Waals surface area contributed by atoms with Crippen molar-refractivity contribution in [1.29, 1.82) is 0 Å². The number of nitrogens with one attached hydrogen (secondary N) is 1. The number of anilines is 1. The number of hydrazone groups is 1. The van der Waals surface area contributed by atoms with Crippen molar-refractivity contribution in [3.05, 3.63) is 40.7 Å². The molecule has 0 saturated heterocycles. The molecule has 1 aromatic rings. The van der Waals surface area contributed by atoms with Crippen molar-refractivity contribution in [1.82, 2.24) is 10.5 Å². The summed E-state index contributed by atoms with van der Waals surface area (Å²) in [4.78, 5) is 0. The van der Waals surface area contributed by atoms with Gasteiger partial charge in [-0.05, 0) is 18.4 Å². The van der Waals surface area contributed by atoms with Gasteiger partial charge in [-0.3, -0.25) is 5.43 Å². The molecule has 0 aromatic heterocycles. The number of nitrogens with zero attached hydrogens (tertiary/aromatic N) is 2. The molecule has 6 nitrogen and oxygen atoms in total. The molecule has 0 fully saturated rings. The maximum absolute atomic E-state index is 6.06. The van der Waals surface area contributed by atoms with E-state index in [1.54, 1.807) is 49.3 Å². The molecule has 0 aliphatic carbocycles. The van der Waals surface area contributed by atoms with E-state index in [0.29, 0.717) is 22.5 Å². The lowest BCUT2D eigenvalue weighted by Gasteiger charge is -2.32. The molecule has 1 aliphatic rings. The van der Waals surface area contributed by atoms with Gasteiger partial charge in [-0.25, -0.2) is 0 Å². The highest BCUT2D eigenvalue weighted by Crippen LogP contribution is 2.35. The van der Waals surface area contributed by atoms with E-state index >= 15 is 0 Å². The molecule has 0 amide bonds. The third-order valence-corrected chi connectivity index (χ3v) is 4.01. The summed E-state index contributed by atoms with van der Waals surface area (Å²) in [5, 5.41) is 6.44. The van der Waals surface area contributed by atoms with Crippen molar-refractivity contribution >= 4 is 34.9 Å². The summed E-state index contributed by atoms with van der Waals surface area (Å²) in [7, 11) is 3.12. The highest BCUT2D eigenvalue weighted by atomic mass is 35.5. The first-order valence-corrected chi connectivity index (χ1v) is 7.77. The van der Waals surface area contributed by atoms with Crippen LogP contribution in [0.25, 0.3) is 0 Å². The first kappa shape index (κ1) is 15.7. The fraction of sp³-hybridized carbons (Fsp3) is 0.308. The van der Waals surface area contributed by atoms with E-state index in [-0.39, 0.29) is 5.37 Å². The van der Waals surface area contributed by atoms with Crippen molar-refractivity contribution in [2.24, 2.45) is 5.10 Å². The van der Waals surface area contributed by atoms with E-state index in [1.165, 1.54) is 0 Å². The summed E-state index contributed by atoms with van der Waals surface area (Å²) in [6.07, 6.45) is 3.63. The third-order valence-electron chi connectivity index (χ3n) is 2.87. The number of nitrogens with two attached hydrogens (primary N) is 1. The van der Waals surface area contributed by atoms with E-state index < -0.39 is 0 Å². The number of benzene rings is 1. The SMILES string of the molecule is COC1=CC(OC)=NN(C(SC)c2ccc(Cl)cc2N)N1. The molecule has 3 N–H and O–H groups in total. The van der Waals surface area contributed by atoms with Crippen LogP contribution in [0, 0.1) is 0 Å². The third kappa shape index (κ3) is 3.48. The van der Waals surface area contributed by atoms with Gasteiger partial charge < -0.3 is 15.2 Å². The zero-order chi connectivity index (χ0) is 15.4. The van der Waals surface area contributed by atoms with Crippen LogP contribution < -0.4 is 11.2 Å². The van der Waals surface area contributed by atoms with E-state index in [1.807, 2.05) is 12.3 Å². The van der Waals surface area contributed by atoms with Crippen LogP contribution in [0.3, 0.4) is 0 Å². The quantitative estimate of drug-likeness (QED) is 0.828. The fourth-order valence-corrected chi connectivity index (χ4v) is 2.81. The maximum atomic E-state index is 6.06. The Hall–Kier alpha value is -1.73. The Morgan fingerprint density at radius 3 is 2.71 bits per heavy atom. The number of nitrogen functional groups attached to an aromatic ring is 1. The van der Waals surface area contributed by atoms with E-state index in [0.717, 1.165) is 5.56 Å². The van der Waals surface area contributed by atoms with Gasteiger partial charge in [0, 0.05) is 16.3 Å². The van der Waals surface area contributed by atoms with Gasteiger partial charge in [-0.15, -0.1) is 16.9 Å². The number of methoxy groups -OCH3 is 2. The Balaban J connectivity index is 2.33. The minimum absolute atomic E-state index is 0.161. The Morgan fingerprint density at radius 2 is 2.14 bits per heavy atom.